The maximum Gasteiger partial charge on any atom is 0.264 e. The van der Waals surface area contributed by atoms with Crippen LogP contribution in [0.3, 0.4) is 0 Å². The molecule has 0 saturated carbocycles. The van der Waals surface area contributed by atoms with E-state index in [-0.39, 0.29) is 17.3 Å². The summed E-state index contributed by atoms with van der Waals surface area (Å²) in [6.07, 6.45) is 4.25. The van der Waals surface area contributed by atoms with Crippen molar-refractivity contribution < 1.29 is 13.2 Å². The molecule has 1 N–H and O–H groups in total. The van der Waals surface area contributed by atoms with E-state index in [1.807, 2.05) is 0 Å². The maximum atomic E-state index is 13.4. The molecule has 1 unspecified atom stereocenters. The Balaban J connectivity index is 2.29. The van der Waals surface area contributed by atoms with Crippen molar-refractivity contribution in [3.8, 4) is 0 Å². The van der Waals surface area contributed by atoms with E-state index < -0.39 is 10.0 Å². The van der Waals surface area contributed by atoms with Gasteiger partial charge >= 0.3 is 0 Å². The van der Waals surface area contributed by atoms with Crippen LogP contribution in [-0.2, 0) is 14.8 Å². The van der Waals surface area contributed by atoms with Crippen LogP contribution in [-0.4, -0.2) is 27.4 Å². The predicted molar refractivity (Wildman–Crippen MR) is 123 cm³/mol. The number of aryl methyl sites for hydroxylation is 1. The van der Waals surface area contributed by atoms with Crippen LogP contribution in [0.25, 0.3) is 0 Å². The molecule has 2 aromatic rings. The van der Waals surface area contributed by atoms with Crippen LogP contribution >= 0.6 is 11.6 Å². The van der Waals surface area contributed by atoms with Crippen molar-refractivity contribution in [1.82, 2.24) is 5.32 Å². The van der Waals surface area contributed by atoms with Crippen molar-refractivity contribution in [2.75, 3.05) is 17.4 Å². The summed E-state index contributed by atoms with van der Waals surface area (Å²) in [5.41, 5.74) is 1.13. The lowest BCUT2D eigenvalue weighted by atomic mass is 9.99. The Morgan fingerprint density at radius 2 is 1.83 bits per heavy atom. The zero-order chi connectivity index (χ0) is 22.1. The van der Waals surface area contributed by atoms with Gasteiger partial charge in [-0.25, -0.2) is 8.42 Å². The fraction of sp³-hybridized carbons (Fsp3) is 0.435. The Kier molecular flexibility index (Phi) is 9.18. The first-order chi connectivity index (χ1) is 14.3. The standard InChI is InChI=1S/C23H31ClN2O3S/c1-4-6-10-19(5-2)16-25-23(27)17-26(22-15-20(24)14-13-18(22)3)30(28,29)21-11-8-7-9-12-21/h7-9,11-15,19H,4-6,10,16-17H2,1-3H3,(H,25,27). The summed E-state index contributed by atoms with van der Waals surface area (Å²) in [7, 11) is -3.93. The number of carbonyl (C=O) groups is 1. The second-order valence-corrected chi connectivity index (χ2v) is 9.77. The van der Waals surface area contributed by atoms with Crippen LogP contribution in [0.1, 0.15) is 45.1 Å². The first-order valence-electron chi connectivity index (χ1n) is 10.4. The lowest BCUT2D eigenvalue weighted by Gasteiger charge is -2.26. The third-order valence-electron chi connectivity index (χ3n) is 5.19. The lowest BCUT2D eigenvalue weighted by molar-refractivity contribution is -0.119. The van der Waals surface area contributed by atoms with Crippen molar-refractivity contribution in [2.45, 2.75) is 51.3 Å². The average Bonchev–Trinajstić information content (AvgIpc) is 2.74. The molecular weight excluding hydrogens is 420 g/mol. The zero-order valence-electron chi connectivity index (χ0n) is 17.9. The highest BCUT2D eigenvalue weighted by atomic mass is 35.5. The molecule has 7 heteroatoms. The minimum absolute atomic E-state index is 0.131. The second kappa shape index (κ2) is 11.4. The molecule has 0 aliphatic heterocycles. The summed E-state index contributed by atoms with van der Waals surface area (Å²) in [4.78, 5) is 12.9. The van der Waals surface area contributed by atoms with Gasteiger partial charge in [-0.2, -0.15) is 0 Å². The number of sulfonamides is 1. The molecule has 0 aliphatic rings. The molecule has 5 nitrogen and oxygen atoms in total. The Hall–Kier alpha value is -2.05. The van der Waals surface area contributed by atoms with Gasteiger partial charge in [0.1, 0.15) is 6.54 Å². The number of nitrogens with zero attached hydrogens (tertiary/aromatic N) is 1. The minimum Gasteiger partial charge on any atom is -0.354 e. The number of halogens is 1. The summed E-state index contributed by atoms with van der Waals surface area (Å²) < 4.78 is 27.9. The third-order valence-corrected chi connectivity index (χ3v) is 7.20. The summed E-state index contributed by atoms with van der Waals surface area (Å²) >= 11 is 6.14. The van der Waals surface area contributed by atoms with Gasteiger partial charge in [0.25, 0.3) is 10.0 Å². The zero-order valence-corrected chi connectivity index (χ0v) is 19.5. The molecule has 2 rings (SSSR count). The molecular formula is C23H31ClN2O3S. The SMILES string of the molecule is CCCCC(CC)CNC(=O)CN(c1cc(Cl)ccc1C)S(=O)(=O)c1ccccc1. The second-order valence-electron chi connectivity index (χ2n) is 7.48. The number of carbonyl (C=O) groups excluding carboxylic acids is 1. The summed E-state index contributed by atoms with van der Waals surface area (Å²) in [5, 5.41) is 3.33. The number of hydrogen-bond donors (Lipinski definition) is 1. The predicted octanol–water partition coefficient (Wildman–Crippen LogP) is 5.18. The lowest BCUT2D eigenvalue weighted by Crippen LogP contribution is -2.42. The number of unbranched alkanes of at least 4 members (excludes halogenated alkanes) is 1. The molecule has 2 aromatic carbocycles. The Bertz CT molecular complexity index is 933. The van der Waals surface area contributed by atoms with Crippen LogP contribution in [0, 0.1) is 12.8 Å². The highest BCUT2D eigenvalue weighted by molar-refractivity contribution is 7.92. The van der Waals surface area contributed by atoms with Gasteiger partial charge in [-0.15, -0.1) is 0 Å². The molecule has 0 radical (unpaired) electrons. The molecule has 0 bridgehead atoms. The molecule has 0 fully saturated rings. The van der Waals surface area contributed by atoms with Crippen molar-refractivity contribution in [3.05, 3.63) is 59.1 Å². The van der Waals surface area contributed by atoms with E-state index in [0.717, 1.165) is 35.6 Å². The summed E-state index contributed by atoms with van der Waals surface area (Å²) in [6, 6.07) is 13.2. The number of anilines is 1. The monoisotopic (exact) mass is 450 g/mol. The molecule has 1 amide bonds. The quantitative estimate of drug-likeness (QED) is 0.513. The fourth-order valence-corrected chi connectivity index (χ4v) is 4.92. The number of hydrogen-bond acceptors (Lipinski definition) is 3. The molecule has 0 aliphatic carbocycles. The van der Waals surface area contributed by atoms with Crippen molar-refractivity contribution >= 4 is 33.2 Å². The molecule has 0 saturated heterocycles. The van der Waals surface area contributed by atoms with Gasteiger partial charge in [-0.1, -0.05) is 69.0 Å². The van der Waals surface area contributed by atoms with E-state index in [1.54, 1.807) is 43.3 Å². The van der Waals surface area contributed by atoms with Gasteiger partial charge in [-0.05, 0) is 49.1 Å². The van der Waals surface area contributed by atoms with Gasteiger partial charge in [0, 0.05) is 11.6 Å². The van der Waals surface area contributed by atoms with E-state index >= 15 is 0 Å². The Morgan fingerprint density at radius 1 is 1.13 bits per heavy atom. The van der Waals surface area contributed by atoms with Gasteiger partial charge < -0.3 is 5.32 Å². The van der Waals surface area contributed by atoms with Crippen LogP contribution in [0.4, 0.5) is 5.69 Å². The normalized spacial score (nSPS) is 12.4. The largest absolute Gasteiger partial charge is 0.354 e. The number of benzene rings is 2. The van der Waals surface area contributed by atoms with Crippen LogP contribution in [0.15, 0.2) is 53.4 Å². The van der Waals surface area contributed by atoms with Crippen LogP contribution in [0.2, 0.25) is 5.02 Å². The van der Waals surface area contributed by atoms with Crippen molar-refractivity contribution in [3.63, 3.8) is 0 Å². The first-order valence-corrected chi connectivity index (χ1v) is 12.2. The summed E-state index contributed by atoms with van der Waals surface area (Å²) in [6.45, 7) is 6.29. The first kappa shape index (κ1) is 24.2. The molecule has 30 heavy (non-hydrogen) atoms. The van der Waals surface area contributed by atoms with E-state index in [0.29, 0.717) is 23.2 Å². The molecule has 0 heterocycles. The van der Waals surface area contributed by atoms with Crippen molar-refractivity contribution in [1.29, 1.82) is 0 Å². The average molecular weight is 451 g/mol. The van der Waals surface area contributed by atoms with E-state index in [4.69, 9.17) is 11.6 Å². The van der Waals surface area contributed by atoms with Gasteiger partial charge in [-0.3, -0.25) is 9.10 Å². The Morgan fingerprint density at radius 3 is 2.47 bits per heavy atom. The minimum atomic E-state index is -3.93. The fourth-order valence-electron chi connectivity index (χ4n) is 3.26. The van der Waals surface area contributed by atoms with Crippen LogP contribution in [0.5, 0.6) is 0 Å². The van der Waals surface area contributed by atoms with Gasteiger partial charge in [0.15, 0.2) is 0 Å². The molecule has 164 valence electrons. The highest BCUT2D eigenvalue weighted by Crippen LogP contribution is 2.29. The summed E-state index contributed by atoms with van der Waals surface area (Å²) in [5.74, 6) is 0.0600. The number of amides is 1. The van der Waals surface area contributed by atoms with E-state index in [2.05, 4.69) is 19.2 Å². The number of rotatable bonds is 11. The number of nitrogens with one attached hydrogen (secondary N) is 1. The van der Waals surface area contributed by atoms with Crippen molar-refractivity contribution in [2.24, 2.45) is 5.92 Å². The molecule has 0 aromatic heterocycles. The topological polar surface area (TPSA) is 66.5 Å². The van der Waals surface area contributed by atoms with Crippen LogP contribution < -0.4 is 9.62 Å². The third kappa shape index (κ3) is 6.47. The molecule has 1 atom stereocenters. The van der Waals surface area contributed by atoms with E-state index in [1.165, 1.54) is 12.1 Å². The highest BCUT2D eigenvalue weighted by Gasteiger charge is 2.28. The van der Waals surface area contributed by atoms with Gasteiger partial charge in [0.2, 0.25) is 5.91 Å². The smallest absolute Gasteiger partial charge is 0.264 e. The van der Waals surface area contributed by atoms with Gasteiger partial charge in [0.05, 0.1) is 10.6 Å². The van der Waals surface area contributed by atoms with E-state index in [9.17, 15) is 13.2 Å². The molecule has 0 spiro atoms. The Labute approximate surface area is 185 Å². The maximum absolute atomic E-state index is 13.4.